The van der Waals surface area contributed by atoms with Crippen LogP contribution in [-0.4, -0.2) is 95.7 Å². The SMILES string of the molecule is CC(C)N1CCN(C(=O)CN2CCN(c3ccc(-c4ccccc4C(F)(F)F)nn3)CC2)CC1.CCC. The lowest BCUT2D eigenvalue weighted by Crippen LogP contribution is -2.54. The average Bonchev–Trinajstić information content (AvgIpc) is 2.89. The first-order chi connectivity index (χ1) is 17.6. The molecule has 0 bridgehead atoms. The number of hydrogen-bond acceptors (Lipinski definition) is 6. The Balaban J connectivity index is 0.00000121. The third-order valence-corrected chi connectivity index (χ3v) is 6.61. The second kappa shape index (κ2) is 13.2. The minimum atomic E-state index is -4.45. The number of carbonyl (C=O) groups excluding carboxylic acids is 1. The quantitative estimate of drug-likeness (QED) is 0.588. The molecule has 0 radical (unpaired) electrons. The second-order valence-corrected chi connectivity index (χ2v) is 9.80. The fourth-order valence-corrected chi connectivity index (χ4v) is 4.51. The van der Waals surface area contributed by atoms with Gasteiger partial charge in [-0.15, -0.1) is 10.2 Å². The Labute approximate surface area is 218 Å². The van der Waals surface area contributed by atoms with Crippen molar-refractivity contribution in [3.05, 3.63) is 42.0 Å². The number of amides is 1. The predicted molar refractivity (Wildman–Crippen MR) is 140 cm³/mol. The van der Waals surface area contributed by atoms with Crippen molar-refractivity contribution in [3.8, 4) is 11.3 Å². The maximum atomic E-state index is 13.3. The number of benzene rings is 1. The Bertz CT molecular complexity index is 982. The maximum absolute atomic E-state index is 13.3. The highest BCUT2D eigenvalue weighted by Gasteiger charge is 2.34. The number of carbonyl (C=O) groups is 1. The highest BCUT2D eigenvalue weighted by atomic mass is 19.4. The van der Waals surface area contributed by atoms with Crippen molar-refractivity contribution in [3.63, 3.8) is 0 Å². The first kappa shape index (κ1) is 28.8. The Morgan fingerprint density at radius 3 is 2.05 bits per heavy atom. The third-order valence-electron chi connectivity index (χ3n) is 6.61. The minimum Gasteiger partial charge on any atom is -0.353 e. The summed E-state index contributed by atoms with van der Waals surface area (Å²) in [6.45, 7) is 15.2. The lowest BCUT2D eigenvalue weighted by Gasteiger charge is -2.39. The first-order valence-electron chi connectivity index (χ1n) is 13.1. The van der Waals surface area contributed by atoms with Gasteiger partial charge in [0.15, 0.2) is 5.82 Å². The molecule has 7 nitrogen and oxygen atoms in total. The molecule has 0 unspecified atom stereocenters. The number of hydrogen-bond donors (Lipinski definition) is 0. The molecule has 3 heterocycles. The van der Waals surface area contributed by atoms with Crippen molar-refractivity contribution in [2.24, 2.45) is 0 Å². The second-order valence-electron chi connectivity index (χ2n) is 9.80. The third kappa shape index (κ3) is 7.88. The molecule has 1 amide bonds. The van der Waals surface area contributed by atoms with E-state index in [2.05, 4.69) is 52.6 Å². The molecule has 37 heavy (non-hydrogen) atoms. The van der Waals surface area contributed by atoms with Gasteiger partial charge in [0.1, 0.15) is 0 Å². The summed E-state index contributed by atoms with van der Waals surface area (Å²) < 4.78 is 39.9. The number of anilines is 1. The van der Waals surface area contributed by atoms with Crippen molar-refractivity contribution < 1.29 is 18.0 Å². The minimum absolute atomic E-state index is 0.0200. The monoisotopic (exact) mass is 520 g/mol. The molecule has 0 atom stereocenters. The van der Waals surface area contributed by atoms with Gasteiger partial charge in [0, 0.05) is 64.0 Å². The molecule has 0 aliphatic carbocycles. The van der Waals surface area contributed by atoms with E-state index in [0.717, 1.165) is 45.3 Å². The molecule has 2 saturated heterocycles. The fourth-order valence-electron chi connectivity index (χ4n) is 4.51. The number of halogens is 3. The van der Waals surface area contributed by atoms with Crippen LogP contribution in [0.5, 0.6) is 0 Å². The van der Waals surface area contributed by atoms with E-state index in [4.69, 9.17) is 0 Å². The van der Waals surface area contributed by atoms with Crippen LogP contribution in [0.2, 0.25) is 0 Å². The molecule has 204 valence electrons. The number of piperazine rings is 2. The first-order valence-corrected chi connectivity index (χ1v) is 13.1. The summed E-state index contributed by atoms with van der Waals surface area (Å²) in [5.41, 5.74) is -0.508. The molecule has 4 rings (SSSR count). The molecule has 2 aliphatic rings. The predicted octanol–water partition coefficient (Wildman–Crippen LogP) is 4.25. The number of aromatic nitrogens is 2. The molecule has 1 aromatic heterocycles. The zero-order valence-corrected chi connectivity index (χ0v) is 22.3. The van der Waals surface area contributed by atoms with Crippen molar-refractivity contribution in [2.45, 2.75) is 46.3 Å². The Kier molecular flexibility index (Phi) is 10.3. The Morgan fingerprint density at radius 1 is 0.892 bits per heavy atom. The van der Waals surface area contributed by atoms with Gasteiger partial charge in [0.05, 0.1) is 17.8 Å². The van der Waals surface area contributed by atoms with Crippen molar-refractivity contribution in [2.75, 3.05) is 63.8 Å². The standard InChI is InChI=1S/C24H31F3N6O.C3H8/c1-18(2)31-13-15-33(16-14-31)23(34)17-30-9-11-32(12-10-30)22-8-7-21(28-29-22)19-5-3-4-6-20(19)24(25,26)27;1-3-2/h3-8,18H,9-17H2,1-2H3;3H2,1-2H3. The summed E-state index contributed by atoms with van der Waals surface area (Å²) in [6.07, 6.45) is -3.20. The van der Waals surface area contributed by atoms with Gasteiger partial charge < -0.3 is 9.80 Å². The van der Waals surface area contributed by atoms with Crippen LogP contribution in [0.25, 0.3) is 11.3 Å². The van der Waals surface area contributed by atoms with Crippen molar-refractivity contribution >= 4 is 11.7 Å². The van der Waals surface area contributed by atoms with E-state index in [-0.39, 0.29) is 17.2 Å². The van der Waals surface area contributed by atoms with Gasteiger partial charge in [-0.1, -0.05) is 38.5 Å². The largest absolute Gasteiger partial charge is 0.417 e. The Morgan fingerprint density at radius 2 is 1.51 bits per heavy atom. The van der Waals surface area contributed by atoms with Crippen LogP contribution >= 0.6 is 0 Å². The van der Waals surface area contributed by atoms with Crippen LogP contribution in [0.1, 0.15) is 39.7 Å². The molecule has 0 spiro atoms. The molecule has 0 N–H and O–H groups in total. The van der Waals surface area contributed by atoms with Gasteiger partial charge in [0.2, 0.25) is 5.91 Å². The zero-order valence-electron chi connectivity index (χ0n) is 22.3. The van der Waals surface area contributed by atoms with E-state index in [1.165, 1.54) is 18.6 Å². The van der Waals surface area contributed by atoms with Gasteiger partial charge >= 0.3 is 6.18 Å². The van der Waals surface area contributed by atoms with E-state index in [1.807, 2.05) is 4.90 Å². The summed E-state index contributed by atoms with van der Waals surface area (Å²) >= 11 is 0. The van der Waals surface area contributed by atoms with Crippen LogP contribution in [0.4, 0.5) is 19.0 Å². The number of rotatable bonds is 5. The van der Waals surface area contributed by atoms with Crippen LogP contribution in [0, 0.1) is 0 Å². The molecule has 0 saturated carbocycles. The summed E-state index contributed by atoms with van der Waals surface area (Å²) in [4.78, 5) is 21.3. The van der Waals surface area contributed by atoms with E-state index >= 15 is 0 Å². The summed E-state index contributed by atoms with van der Waals surface area (Å²) in [5.74, 6) is 0.799. The molecular weight excluding hydrogens is 481 g/mol. The van der Waals surface area contributed by atoms with Crippen molar-refractivity contribution in [1.82, 2.24) is 24.9 Å². The Hall–Kier alpha value is -2.72. The summed E-state index contributed by atoms with van der Waals surface area (Å²) in [7, 11) is 0. The summed E-state index contributed by atoms with van der Waals surface area (Å²) in [6, 6.07) is 9.18. The molecular formula is C27H39F3N6O. The number of alkyl halides is 3. The van der Waals surface area contributed by atoms with E-state index < -0.39 is 11.7 Å². The van der Waals surface area contributed by atoms with Crippen LogP contribution < -0.4 is 4.90 Å². The highest BCUT2D eigenvalue weighted by Crippen LogP contribution is 2.36. The van der Waals surface area contributed by atoms with Gasteiger partial charge in [-0.25, -0.2) is 0 Å². The molecule has 2 aromatic rings. The van der Waals surface area contributed by atoms with Gasteiger partial charge in [-0.05, 0) is 32.0 Å². The average molecular weight is 521 g/mol. The normalized spacial score (nSPS) is 17.5. The smallest absolute Gasteiger partial charge is 0.353 e. The highest BCUT2D eigenvalue weighted by molar-refractivity contribution is 5.78. The van der Waals surface area contributed by atoms with Crippen LogP contribution in [-0.2, 0) is 11.0 Å². The lowest BCUT2D eigenvalue weighted by atomic mass is 10.0. The molecule has 1 aromatic carbocycles. The van der Waals surface area contributed by atoms with E-state index in [0.29, 0.717) is 31.5 Å². The molecule has 2 aliphatic heterocycles. The van der Waals surface area contributed by atoms with Gasteiger partial charge in [0.25, 0.3) is 0 Å². The maximum Gasteiger partial charge on any atom is 0.417 e. The number of nitrogens with zero attached hydrogens (tertiary/aromatic N) is 6. The van der Waals surface area contributed by atoms with Crippen LogP contribution in [0.15, 0.2) is 36.4 Å². The lowest BCUT2D eigenvalue weighted by molar-refractivity contribution is -0.137. The molecule has 10 heteroatoms. The summed E-state index contributed by atoms with van der Waals surface area (Å²) in [5, 5.41) is 8.27. The topological polar surface area (TPSA) is 55.8 Å². The van der Waals surface area contributed by atoms with E-state index in [1.54, 1.807) is 18.2 Å². The fraction of sp³-hybridized carbons (Fsp3) is 0.593. The van der Waals surface area contributed by atoms with Gasteiger partial charge in [-0.3, -0.25) is 14.6 Å². The van der Waals surface area contributed by atoms with Crippen LogP contribution in [0.3, 0.4) is 0 Å². The molecule has 2 fully saturated rings. The zero-order chi connectivity index (χ0) is 27.0. The van der Waals surface area contributed by atoms with Gasteiger partial charge in [-0.2, -0.15) is 13.2 Å². The van der Waals surface area contributed by atoms with Crippen molar-refractivity contribution in [1.29, 1.82) is 0 Å². The van der Waals surface area contributed by atoms with E-state index in [9.17, 15) is 18.0 Å².